The van der Waals surface area contributed by atoms with Gasteiger partial charge in [-0.3, -0.25) is 19.5 Å². The summed E-state index contributed by atoms with van der Waals surface area (Å²) in [6.45, 7) is 4.77. The van der Waals surface area contributed by atoms with Crippen LogP contribution in [-0.2, 0) is 4.74 Å². The van der Waals surface area contributed by atoms with Crippen molar-refractivity contribution < 1.29 is 23.8 Å². The molecule has 0 saturated heterocycles. The Hall–Kier alpha value is -3.46. The first-order valence-electron chi connectivity index (χ1n) is 8.46. The van der Waals surface area contributed by atoms with Gasteiger partial charge in [0.05, 0.1) is 15.5 Å². The quantitative estimate of drug-likeness (QED) is 0.257. The van der Waals surface area contributed by atoms with E-state index in [0.717, 1.165) is 11.8 Å². The molecular weight excluding hydrogens is 402 g/mol. The lowest BCUT2D eigenvalue weighted by molar-refractivity contribution is -0.384. The van der Waals surface area contributed by atoms with Crippen LogP contribution in [-0.4, -0.2) is 33.0 Å². The molecule has 150 valence electrons. The van der Waals surface area contributed by atoms with Crippen LogP contribution in [0, 0.1) is 30.9 Å². The Kier molecular flexibility index (Phi) is 5.51. The largest absolute Gasteiger partial charge is 0.454 e. The highest BCUT2D eigenvalue weighted by atomic mass is 35.5. The average molecular weight is 418 g/mol. The number of non-ortho nitro benzene ring substituents is 1. The number of nitro groups is 1. The molecule has 1 aromatic carbocycles. The van der Waals surface area contributed by atoms with Gasteiger partial charge in [-0.25, -0.2) is 4.79 Å². The van der Waals surface area contributed by atoms with Crippen molar-refractivity contribution in [2.75, 3.05) is 6.61 Å². The molecular formula is C19H16ClN3O6. The van der Waals surface area contributed by atoms with Crippen LogP contribution < -0.4 is 0 Å². The molecule has 2 aromatic heterocycles. The summed E-state index contributed by atoms with van der Waals surface area (Å²) in [6, 6.07) is 6.80. The number of benzene rings is 1. The molecule has 0 bridgehead atoms. The maximum Gasteiger partial charge on any atom is 0.340 e. The summed E-state index contributed by atoms with van der Waals surface area (Å²) >= 11 is 5.92. The zero-order chi connectivity index (χ0) is 21.3. The first kappa shape index (κ1) is 20.3. The highest BCUT2D eigenvalue weighted by Gasteiger charge is 2.22. The van der Waals surface area contributed by atoms with Gasteiger partial charge in [0.25, 0.3) is 5.69 Å². The molecule has 0 aliphatic rings. The van der Waals surface area contributed by atoms with E-state index in [4.69, 9.17) is 20.9 Å². The van der Waals surface area contributed by atoms with E-state index in [0.29, 0.717) is 22.8 Å². The fourth-order valence-electron chi connectivity index (χ4n) is 2.93. The molecule has 3 aromatic rings. The van der Waals surface area contributed by atoms with Crippen molar-refractivity contribution in [2.24, 2.45) is 0 Å². The molecule has 0 aliphatic carbocycles. The van der Waals surface area contributed by atoms with E-state index in [2.05, 4.69) is 5.16 Å². The Morgan fingerprint density at radius 3 is 2.55 bits per heavy atom. The van der Waals surface area contributed by atoms with Gasteiger partial charge in [0.1, 0.15) is 5.76 Å². The van der Waals surface area contributed by atoms with E-state index in [1.165, 1.54) is 12.1 Å². The number of Topliss-reactive ketones (excluding diaryl/α,β-unsaturated/α-hetero) is 1. The second kappa shape index (κ2) is 7.88. The molecule has 3 rings (SSSR count). The van der Waals surface area contributed by atoms with E-state index >= 15 is 0 Å². The minimum Gasteiger partial charge on any atom is -0.454 e. The molecule has 9 nitrogen and oxygen atoms in total. The number of hydrogen-bond acceptors (Lipinski definition) is 7. The molecule has 0 amide bonds. The van der Waals surface area contributed by atoms with Crippen molar-refractivity contribution in [1.82, 2.24) is 9.72 Å². The van der Waals surface area contributed by atoms with Crippen LogP contribution in [0.4, 0.5) is 5.69 Å². The van der Waals surface area contributed by atoms with Crippen LogP contribution in [0.25, 0.3) is 5.82 Å². The third-order valence-corrected chi connectivity index (χ3v) is 4.62. The van der Waals surface area contributed by atoms with Gasteiger partial charge in [0.15, 0.2) is 12.4 Å². The summed E-state index contributed by atoms with van der Waals surface area (Å²) in [4.78, 5) is 35.1. The summed E-state index contributed by atoms with van der Waals surface area (Å²) < 4.78 is 11.9. The number of aryl methyl sites for hydroxylation is 2. The monoisotopic (exact) mass is 417 g/mol. The Bertz CT molecular complexity index is 1130. The summed E-state index contributed by atoms with van der Waals surface area (Å²) in [5.41, 5.74) is 1.25. The molecule has 29 heavy (non-hydrogen) atoms. The minimum atomic E-state index is -0.923. The Morgan fingerprint density at radius 2 is 1.93 bits per heavy atom. The number of nitrogens with zero attached hydrogens (tertiary/aromatic N) is 3. The number of ketones is 1. The standard InChI is InChI=1S/C19H16ClN3O6/c1-10-6-14(12(3)22(10)18-7-11(2)29-21-18)17(24)9-28-19(25)15-8-13(23(26)27)4-5-16(15)20/h4-8H,9H2,1-3H3. The van der Waals surface area contributed by atoms with Crippen molar-refractivity contribution in [3.05, 3.63) is 73.7 Å². The highest BCUT2D eigenvalue weighted by molar-refractivity contribution is 6.33. The van der Waals surface area contributed by atoms with Crippen LogP contribution in [0.2, 0.25) is 5.02 Å². The van der Waals surface area contributed by atoms with E-state index < -0.39 is 23.3 Å². The molecule has 0 spiro atoms. The summed E-state index contributed by atoms with van der Waals surface area (Å²) in [5.74, 6) is -0.187. The van der Waals surface area contributed by atoms with E-state index in [-0.39, 0.29) is 16.3 Å². The number of rotatable bonds is 6. The fourth-order valence-corrected chi connectivity index (χ4v) is 3.12. The maximum absolute atomic E-state index is 12.6. The summed E-state index contributed by atoms with van der Waals surface area (Å²) in [7, 11) is 0. The van der Waals surface area contributed by atoms with Gasteiger partial charge >= 0.3 is 5.97 Å². The van der Waals surface area contributed by atoms with Crippen molar-refractivity contribution in [2.45, 2.75) is 20.8 Å². The number of halogens is 1. The number of carbonyl (C=O) groups is 2. The molecule has 0 N–H and O–H groups in total. The molecule has 0 radical (unpaired) electrons. The van der Waals surface area contributed by atoms with Gasteiger partial charge < -0.3 is 9.26 Å². The van der Waals surface area contributed by atoms with Crippen LogP contribution in [0.5, 0.6) is 0 Å². The zero-order valence-corrected chi connectivity index (χ0v) is 16.5. The molecule has 0 aliphatic heterocycles. The molecule has 0 unspecified atom stereocenters. The summed E-state index contributed by atoms with van der Waals surface area (Å²) in [5, 5.41) is 14.8. The number of carbonyl (C=O) groups excluding carboxylic acids is 2. The molecule has 0 atom stereocenters. The van der Waals surface area contributed by atoms with Gasteiger partial charge in [-0.05, 0) is 32.9 Å². The number of nitro benzene ring substituents is 1. The second-order valence-electron chi connectivity index (χ2n) is 6.34. The van der Waals surface area contributed by atoms with Crippen molar-refractivity contribution in [3.8, 4) is 5.82 Å². The Morgan fingerprint density at radius 1 is 1.21 bits per heavy atom. The molecule has 0 fully saturated rings. The SMILES string of the molecule is Cc1cc(-n2c(C)cc(C(=O)COC(=O)c3cc([N+](=O)[O-])ccc3Cl)c2C)no1. The third-order valence-electron chi connectivity index (χ3n) is 4.29. The van der Waals surface area contributed by atoms with Crippen LogP contribution in [0.15, 0.2) is 34.9 Å². The van der Waals surface area contributed by atoms with Crippen molar-refractivity contribution in [1.29, 1.82) is 0 Å². The van der Waals surface area contributed by atoms with Gasteiger partial charge in [-0.15, -0.1) is 0 Å². The Balaban J connectivity index is 1.77. The Labute approximate surface area is 170 Å². The van der Waals surface area contributed by atoms with Crippen molar-refractivity contribution >= 4 is 29.0 Å². The van der Waals surface area contributed by atoms with Gasteiger partial charge in [-0.2, -0.15) is 0 Å². The number of ether oxygens (including phenoxy) is 1. The third kappa shape index (κ3) is 4.04. The zero-order valence-electron chi connectivity index (χ0n) is 15.8. The van der Waals surface area contributed by atoms with E-state index in [1.807, 2.05) is 6.92 Å². The normalized spacial score (nSPS) is 10.8. The number of esters is 1. The molecule has 10 heteroatoms. The van der Waals surface area contributed by atoms with Gasteiger partial charge in [0.2, 0.25) is 5.78 Å². The molecule has 0 saturated carbocycles. The fraction of sp³-hybridized carbons (Fsp3) is 0.211. The first-order chi connectivity index (χ1) is 13.7. The first-order valence-corrected chi connectivity index (χ1v) is 8.83. The predicted molar refractivity (Wildman–Crippen MR) is 103 cm³/mol. The maximum atomic E-state index is 12.6. The predicted octanol–water partition coefficient (Wildman–Crippen LogP) is 3.99. The lowest BCUT2D eigenvalue weighted by Gasteiger charge is -2.07. The van der Waals surface area contributed by atoms with Crippen LogP contribution >= 0.6 is 11.6 Å². The second-order valence-corrected chi connectivity index (χ2v) is 6.74. The smallest absolute Gasteiger partial charge is 0.340 e. The van der Waals surface area contributed by atoms with E-state index in [9.17, 15) is 19.7 Å². The van der Waals surface area contributed by atoms with E-state index in [1.54, 1.807) is 30.5 Å². The minimum absolute atomic E-state index is 0.00683. The van der Waals surface area contributed by atoms with Crippen LogP contribution in [0.3, 0.4) is 0 Å². The number of aromatic nitrogens is 2. The summed E-state index contributed by atoms with van der Waals surface area (Å²) in [6.07, 6.45) is 0. The van der Waals surface area contributed by atoms with Crippen LogP contribution in [0.1, 0.15) is 37.9 Å². The topological polar surface area (TPSA) is 117 Å². The van der Waals surface area contributed by atoms with Crippen molar-refractivity contribution in [3.63, 3.8) is 0 Å². The lowest BCUT2D eigenvalue weighted by Crippen LogP contribution is -2.15. The van der Waals surface area contributed by atoms with Gasteiger partial charge in [-0.1, -0.05) is 16.8 Å². The number of hydrogen-bond donors (Lipinski definition) is 0. The van der Waals surface area contributed by atoms with Gasteiger partial charge in [0, 0.05) is 35.2 Å². The highest BCUT2D eigenvalue weighted by Crippen LogP contribution is 2.24. The lowest BCUT2D eigenvalue weighted by atomic mass is 10.1. The molecule has 2 heterocycles. The average Bonchev–Trinajstić information content (AvgIpc) is 3.21.